The van der Waals surface area contributed by atoms with E-state index < -0.39 is 29.5 Å². The summed E-state index contributed by atoms with van der Waals surface area (Å²) in [5, 5.41) is 0.596. The second-order valence-corrected chi connectivity index (χ2v) is 11.3. The second kappa shape index (κ2) is 13.1. The predicted octanol–water partition coefficient (Wildman–Crippen LogP) is 3.92. The number of primary amides is 1. The van der Waals surface area contributed by atoms with Crippen LogP contribution in [0.15, 0.2) is 48.5 Å². The van der Waals surface area contributed by atoms with Crippen LogP contribution in [0, 0.1) is 0 Å². The van der Waals surface area contributed by atoms with Gasteiger partial charge in [0.1, 0.15) is 16.9 Å². The Morgan fingerprint density at radius 2 is 1.58 bits per heavy atom. The molecule has 1 saturated heterocycles. The molecule has 0 aliphatic carbocycles. The minimum absolute atomic E-state index is 0.0371. The maximum atomic E-state index is 14.2. The molecular weight excluding hydrogens is 552 g/mol. The number of nitrogens with two attached hydrogens (primary N) is 1. The second-order valence-electron chi connectivity index (χ2n) is 11.3. The summed E-state index contributed by atoms with van der Waals surface area (Å²) in [6, 6.07) is 14.0. The topological polar surface area (TPSA) is 141 Å². The number of esters is 1. The van der Waals surface area contributed by atoms with Gasteiger partial charge in [0.2, 0.25) is 5.91 Å². The molecule has 11 heteroatoms. The number of para-hydroxylation sites is 1. The van der Waals surface area contributed by atoms with Gasteiger partial charge in [0.15, 0.2) is 0 Å². The van der Waals surface area contributed by atoms with Gasteiger partial charge in [-0.25, -0.2) is 9.59 Å². The zero-order valence-corrected chi connectivity index (χ0v) is 25.2. The van der Waals surface area contributed by atoms with Crippen molar-refractivity contribution in [3.63, 3.8) is 0 Å². The smallest absolute Gasteiger partial charge is 0.409 e. The monoisotopic (exact) mass is 590 g/mol. The summed E-state index contributed by atoms with van der Waals surface area (Å²) in [7, 11) is 1.44. The summed E-state index contributed by atoms with van der Waals surface area (Å²) in [6.07, 6.45) is -0.256. The van der Waals surface area contributed by atoms with Crippen molar-refractivity contribution in [1.82, 2.24) is 14.8 Å². The molecule has 11 nitrogen and oxygen atoms in total. The highest BCUT2D eigenvalue weighted by Gasteiger charge is 2.35. The average Bonchev–Trinajstić information content (AvgIpc) is 2.98. The number of aromatic nitrogens is 1. The van der Waals surface area contributed by atoms with Crippen molar-refractivity contribution in [2.24, 2.45) is 5.73 Å². The van der Waals surface area contributed by atoms with E-state index in [4.69, 9.17) is 24.9 Å². The molecule has 4 rings (SSSR count). The van der Waals surface area contributed by atoms with E-state index in [9.17, 15) is 19.2 Å². The number of nitrogens with zero attached hydrogens (tertiary/aromatic N) is 3. The zero-order chi connectivity index (χ0) is 31.3. The summed E-state index contributed by atoms with van der Waals surface area (Å²) >= 11 is 0. The van der Waals surface area contributed by atoms with Gasteiger partial charge in [0, 0.05) is 31.6 Å². The lowest BCUT2D eigenvalue weighted by molar-refractivity contribution is -0.134. The minimum atomic E-state index is -0.914. The highest BCUT2D eigenvalue weighted by Crippen LogP contribution is 2.36. The lowest BCUT2D eigenvalue weighted by atomic mass is 9.89. The van der Waals surface area contributed by atoms with Gasteiger partial charge in [-0.2, -0.15) is 0 Å². The quantitative estimate of drug-likeness (QED) is 0.389. The van der Waals surface area contributed by atoms with E-state index in [1.165, 1.54) is 7.11 Å². The summed E-state index contributed by atoms with van der Waals surface area (Å²) in [5.74, 6) is -2.16. The number of carbonyl (C=O) groups is 4. The fourth-order valence-electron chi connectivity index (χ4n) is 5.10. The minimum Gasteiger partial charge on any atom is -0.495 e. The highest BCUT2D eigenvalue weighted by atomic mass is 16.6. The number of ether oxygens (including phenoxy) is 3. The molecule has 1 unspecified atom stereocenters. The lowest BCUT2D eigenvalue weighted by Crippen LogP contribution is -2.52. The number of benzene rings is 2. The zero-order valence-electron chi connectivity index (χ0n) is 25.2. The predicted molar refractivity (Wildman–Crippen MR) is 160 cm³/mol. The first-order valence-electron chi connectivity index (χ1n) is 14.2. The van der Waals surface area contributed by atoms with E-state index in [1.54, 1.807) is 80.0 Å². The molecule has 1 aromatic heterocycles. The van der Waals surface area contributed by atoms with E-state index in [0.29, 0.717) is 29.6 Å². The van der Waals surface area contributed by atoms with E-state index in [0.717, 1.165) is 5.56 Å². The van der Waals surface area contributed by atoms with E-state index in [-0.39, 0.29) is 49.0 Å². The molecule has 1 atom stereocenters. The lowest BCUT2D eigenvalue weighted by Gasteiger charge is -2.36. The molecule has 2 N–H and O–H groups in total. The Kier molecular flexibility index (Phi) is 9.53. The normalized spacial score (nSPS) is 14.3. The number of hydrogen-bond acceptors (Lipinski definition) is 8. The van der Waals surface area contributed by atoms with E-state index in [1.807, 2.05) is 6.07 Å². The molecule has 0 spiro atoms. The van der Waals surface area contributed by atoms with Crippen LogP contribution in [-0.2, 0) is 20.7 Å². The summed E-state index contributed by atoms with van der Waals surface area (Å²) in [4.78, 5) is 59.9. The average molecular weight is 591 g/mol. The number of fused-ring (bicyclic) bond motifs is 1. The Bertz CT molecular complexity index is 1510. The van der Waals surface area contributed by atoms with Gasteiger partial charge in [-0.3, -0.25) is 14.6 Å². The number of hydrogen-bond donors (Lipinski definition) is 1. The van der Waals surface area contributed by atoms with Crippen molar-refractivity contribution in [3.05, 3.63) is 70.9 Å². The number of piperazine rings is 1. The van der Waals surface area contributed by atoms with E-state index >= 15 is 0 Å². The van der Waals surface area contributed by atoms with Crippen molar-refractivity contribution >= 4 is 34.8 Å². The number of methoxy groups -OCH3 is 1. The first-order chi connectivity index (χ1) is 20.4. The van der Waals surface area contributed by atoms with Crippen LogP contribution in [0.2, 0.25) is 0 Å². The van der Waals surface area contributed by atoms with Crippen LogP contribution in [0.25, 0.3) is 10.9 Å². The molecule has 1 fully saturated rings. The molecule has 0 radical (unpaired) electrons. The molecule has 0 bridgehead atoms. The molecule has 2 heterocycles. The number of pyridine rings is 1. The fraction of sp³-hybridized carbons (Fsp3) is 0.406. The van der Waals surface area contributed by atoms with Crippen molar-refractivity contribution in [1.29, 1.82) is 0 Å². The molecule has 0 saturated carbocycles. The fourth-order valence-corrected chi connectivity index (χ4v) is 5.10. The summed E-state index contributed by atoms with van der Waals surface area (Å²) in [5.41, 5.74) is 7.14. The van der Waals surface area contributed by atoms with Crippen LogP contribution in [0.4, 0.5) is 4.79 Å². The van der Waals surface area contributed by atoms with Crippen LogP contribution in [0.1, 0.15) is 65.6 Å². The third kappa shape index (κ3) is 7.22. The summed E-state index contributed by atoms with van der Waals surface area (Å²) < 4.78 is 16.2. The van der Waals surface area contributed by atoms with Gasteiger partial charge in [0.25, 0.3) is 5.91 Å². The third-order valence-electron chi connectivity index (χ3n) is 7.10. The maximum absolute atomic E-state index is 14.2. The van der Waals surface area contributed by atoms with Gasteiger partial charge >= 0.3 is 12.1 Å². The first-order valence-corrected chi connectivity index (χ1v) is 14.2. The summed E-state index contributed by atoms with van der Waals surface area (Å²) in [6.45, 7) is 8.56. The molecule has 3 amide bonds. The van der Waals surface area contributed by atoms with Crippen LogP contribution >= 0.6 is 0 Å². The molecule has 2 aromatic carbocycles. The Labute approximate surface area is 250 Å². The molecule has 228 valence electrons. The van der Waals surface area contributed by atoms with Crippen molar-refractivity contribution < 1.29 is 33.4 Å². The Morgan fingerprint density at radius 1 is 0.953 bits per heavy atom. The first kappa shape index (κ1) is 31.3. The molecular formula is C32H38N4O7. The molecule has 3 aromatic rings. The van der Waals surface area contributed by atoms with Gasteiger partial charge in [-0.15, -0.1) is 0 Å². The Morgan fingerprint density at radius 3 is 2.16 bits per heavy atom. The largest absolute Gasteiger partial charge is 0.495 e. The Balaban J connectivity index is 1.73. The number of amides is 3. The number of carbonyl (C=O) groups excluding carboxylic acids is 4. The third-order valence-corrected chi connectivity index (χ3v) is 7.10. The Hall–Kier alpha value is -4.67. The van der Waals surface area contributed by atoms with Gasteiger partial charge in [-0.1, -0.05) is 24.3 Å². The highest BCUT2D eigenvalue weighted by molar-refractivity contribution is 6.04. The van der Waals surface area contributed by atoms with Crippen LogP contribution in [0.5, 0.6) is 5.75 Å². The molecule has 1 aliphatic rings. The van der Waals surface area contributed by atoms with Gasteiger partial charge in [-0.05, 0) is 63.9 Å². The van der Waals surface area contributed by atoms with Gasteiger partial charge < -0.3 is 29.7 Å². The van der Waals surface area contributed by atoms with Gasteiger partial charge in [0.05, 0.1) is 36.4 Å². The number of rotatable bonds is 8. The molecule has 1 aliphatic heterocycles. The van der Waals surface area contributed by atoms with Crippen molar-refractivity contribution in [3.8, 4) is 5.75 Å². The van der Waals surface area contributed by atoms with Crippen LogP contribution in [0.3, 0.4) is 0 Å². The maximum Gasteiger partial charge on any atom is 0.409 e. The standard InChI is InChI=1S/C32H38N4O7/c1-6-42-31(40)36-17-15-35(16-18-36)29(38)23(19-20-11-13-21(14-12-20)30(39)43-32(2,3)4)26-25(28(33)37)27(41-5)22-9-7-8-10-24(22)34-26/h7-14,23H,6,15-19H2,1-5H3,(H2,33,37). The molecule has 43 heavy (non-hydrogen) atoms. The van der Waals surface area contributed by atoms with Crippen LogP contribution < -0.4 is 10.5 Å². The SMILES string of the molecule is CCOC(=O)N1CCN(C(=O)C(Cc2ccc(C(=O)OC(C)(C)C)cc2)c2nc3ccccc3c(OC)c2C(N)=O)CC1. The van der Waals surface area contributed by atoms with E-state index in [2.05, 4.69) is 0 Å². The van der Waals surface area contributed by atoms with Crippen LogP contribution in [-0.4, -0.2) is 84.2 Å². The van der Waals surface area contributed by atoms with Crippen molar-refractivity contribution in [2.75, 3.05) is 39.9 Å². The van der Waals surface area contributed by atoms with Crippen molar-refractivity contribution in [2.45, 2.75) is 45.6 Å².